The molecular formula is C12H12ClIN2O. The third kappa shape index (κ3) is 2.81. The minimum Gasteiger partial charge on any atom is -0.439 e. The molecule has 0 saturated carbocycles. The van der Waals surface area contributed by atoms with E-state index >= 15 is 0 Å². The number of nitrogens with zero attached hydrogens (tertiary/aromatic N) is 1. The van der Waals surface area contributed by atoms with E-state index in [1.54, 1.807) is 6.20 Å². The lowest BCUT2D eigenvalue weighted by molar-refractivity contribution is 0.441. The summed E-state index contributed by atoms with van der Waals surface area (Å²) in [5.41, 5.74) is 0.942. The van der Waals surface area contributed by atoms with Crippen molar-refractivity contribution in [2.24, 2.45) is 0 Å². The molecule has 0 saturated heterocycles. The van der Waals surface area contributed by atoms with Crippen LogP contribution >= 0.6 is 34.2 Å². The molecule has 1 atom stereocenters. The molecule has 2 rings (SSSR count). The maximum atomic E-state index is 6.08. The van der Waals surface area contributed by atoms with E-state index in [9.17, 15) is 0 Å². The van der Waals surface area contributed by atoms with Crippen molar-refractivity contribution in [3.05, 3.63) is 38.9 Å². The van der Waals surface area contributed by atoms with Crippen LogP contribution in [-0.4, -0.2) is 12.0 Å². The average molecular weight is 363 g/mol. The lowest BCUT2D eigenvalue weighted by Gasteiger charge is -2.04. The van der Waals surface area contributed by atoms with Crippen LogP contribution in [0, 0.1) is 3.57 Å². The first kappa shape index (κ1) is 12.9. The largest absolute Gasteiger partial charge is 0.439 e. The standard InChI is InChI=1S/C12H12ClIN2O/c1-7(15-2)12-16-6-11(17-12)8-3-4-10(14)9(13)5-8/h3-7,15H,1-2H3. The van der Waals surface area contributed by atoms with Crippen LogP contribution in [0.1, 0.15) is 18.9 Å². The van der Waals surface area contributed by atoms with Crippen molar-refractivity contribution in [3.63, 3.8) is 0 Å². The molecule has 3 nitrogen and oxygen atoms in total. The number of halogens is 2. The summed E-state index contributed by atoms with van der Waals surface area (Å²) in [5, 5.41) is 3.81. The molecule has 5 heteroatoms. The molecule has 17 heavy (non-hydrogen) atoms. The molecule has 0 aliphatic carbocycles. The van der Waals surface area contributed by atoms with Gasteiger partial charge in [0.1, 0.15) is 0 Å². The number of hydrogen-bond acceptors (Lipinski definition) is 3. The van der Waals surface area contributed by atoms with E-state index in [0.29, 0.717) is 5.89 Å². The summed E-state index contributed by atoms with van der Waals surface area (Å²) in [6.07, 6.45) is 1.72. The normalized spacial score (nSPS) is 12.7. The monoisotopic (exact) mass is 362 g/mol. The molecule has 0 radical (unpaired) electrons. The van der Waals surface area contributed by atoms with E-state index < -0.39 is 0 Å². The van der Waals surface area contributed by atoms with Crippen LogP contribution in [0.2, 0.25) is 5.02 Å². The molecule has 2 aromatic rings. The Kier molecular flexibility index (Phi) is 4.06. The molecule has 1 N–H and O–H groups in total. The van der Waals surface area contributed by atoms with Crippen molar-refractivity contribution in [2.75, 3.05) is 7.05 Å². The summed E-state index contributed by atoms with van der Waals surface area (Å²) in [4.78, 5) is 4.24. The van der Waals surface area contributed by atoms with Gasteiger partial charge in [0.05, 0.1) is 17.3 Å². The van der Waals surface area contributed by atoms with Gasteiger partial charge in [-0.1, -0.05) is 17.7 Å². The quantitative estimate of drug-likeness (QED) is 0.842. The van der Waals surface area contributed by atoms with Gasteiger partial charge < -0.3 is 9.73 Å². The second kappa shape index (κ2) is 5.37. The van der Waals surface area contributed by atoms with Gasteiger partial charge in [-0.15, -0.1) is 0 Å². The molecule has 0 amide bonds. The van der Waals surface area contributed by atoms with Gasteiger partial charge in [0.25, 0.3) is 0 Å². The zero-order valence-corrected chi connectivity index (χ0v) is 12.4. The van der Waals surface area contributed by atoms with E-state index in [2.05, 4.69) is 32.9 Å². The fourth-order valence-corrected chi connectivity index (χ4v) is 1.91. The summed E-state index contributed by atoms with van der Waals surface area (Å²) < 4.78 is 6.71. The van der Waals surface area contributed by atoms with E-state index in [4.69, 9.17) is 16.0 Å². The van der Waals surface area contributed by atoms with Crippen LogP contribution < -0.4 is 5.32 Å². The molecule has 0 spiro atoms. The molecular weight excluding hydrogens is 351 g/mol. The Bertz CT molecular complexity index is 527. The summed E-state index contributed by atoms with van der Waals surface area (Å²) >= 11 is 8.27. The Labute approximate surface area is 119 Å². The van der Waals surface area contributed by atoms with Gasteiger partial charge in [0, 0.05) is 9.13 Å². The van der Waals surface area contributed by atoms with Crippen molar-refractivity contribution >= 4 is 34.2 Å². The van der Waals surface area contributed by atoms with Gasteiger partial charge in [-0.05, 0) is 48.7 Å². The molecule has 1 aromatic heterocycles. The van der Waals surface area contributed by atoms with Crippen LogP contribution in [0.4, 0.5) is 0 Å². The van der Waals surface area contributed by atoms with Crippen LogP contribution in [0.5, 0.6) is 0 Å². The zero-order valence-electron chi connectivity index (χ0n) is 9.50. The lowest BCUT2D eigenvalue weighted by Crippen LogP contribution is -2.12. The van der Waals surface area contributed by atoms with Crippen molar-refractivity contribution in [3.8, 4) is 11.3 Å². The van der Waals surface area contributed by atoms with Gasteiger partial charge >= 0.3 is 0 Å². The molecule has 0 bridgehead atoms. The summed E-state index contributed by atoms with van der Waals surface area (Å²) in [6.45, 7) is 2.00. The summed E-state index contributed by atoms with van der Waals surface area (Å²) in [6, 6.07) is 5.92. The highest BCUT2D eigenvalue weighted by Gasteiger charge is 2.12. The maximum absolute atomic E-state index is 6.08. The van der Waals surface area contributed by atoms with Crippen LogP contribution in [0.15, 0.2) is 28.8 Å². The van der Waals surface area contributed by atoms with Gasteiger partial charge in [-0.3, -0.25) is 0 Å². The number of hydrogen-bond donors (Lipinski definition) is 1. The maximum Gasteiger partial charge on any atom is 0.211 e. The van der Waals surface area contributed by atoms with E-state index in [0.717, 1.165) is 19.9 Å². The Morgan fingerprint density at radius 3 is 2.88 bits per heavy atom. The van der Waals surface area contributed by atoms with Gasteiger partial charge in [-0.2, -0.15) is 0 Å². The summed E-state index contributed by atoms with van der Waals surface area (Å²) in [5.74, 6) is 1.41. The van der Waals surface area contributed by atoms with Crippen LogP contribution in [-0.2, 0) is 0 Å². The summed E-state index contributed by atoms with van der Waals surface area (Å²) in [7, 11) is 1.87. The highest BCUT2D eigenvalue weighted by atomic mass is 127. The fraction of sp³-hybridized carbons (Fsp3) is 0.250. The molecule has 1 aromatic carbocycles. The average Bonchev–Trinajstić information content (AvgIpc) is 2.81. The minimum atomic E-state index is 0.100. The van der Waals surface area contributed by atoms with E-state index in [1.165, 1.54) is 0 Å². The predicted molar refractivity (Wildman–Crippen MR) is 77.1 cm³/mol. The van der Waals surface area contributed by atoms with Gasteiger partial charge in [0.15, 0.2) is 5.76 Å². The first-order chi connectivity index (χ1) is 8.11. The predicted octanol–water partition coefficient (Wildman–Crippen LogP) is 3.88. The number of oxazole rings is 1. The molecule has 0 fully saturated rings. The highest BCUT2D eigenvalue weighted by Crippen LogP contribution is 2.28. The second-order valence-corrected chi connectivity index (χ2v) is 5.27. The third-order valence-electron chi connectivity index (χ3n) is 2.53. The van der Waals surface area contributed by atoms with Crippen LogP contribution in [0.25, 0.3) is 11.3 Å². The van der Waals surface area contributed by atoms with Crippen molar-refractivity contribution in [1.29, 1.82) is 0 Å². The topological polar surface area (TPSA) is 38.1 Å². The number of benzene rings is 1. The second-order valence-electron chi connectivity index (χ2n) is 3.70. The minimum absolute atomic E-state index is 0.100. The first-order valence-corrected chi connectivity index (χ1v) is 6.66. The van der Waals surface area contributed by atoms with Crippen molar-refractivity contribution < 1.29 is 4.42 Å². The smallest absolute Gasteiger partial charge is 0.211 e. The number of nitrogens with one attached hydrogen (secondary N) is 1. The van der Waals surface area contributed by atoms with Gasteiger partial charge in [0.2, 0.25) is 5.89 Å². The Morgan fingerprint density at radius 1 is 1.47 bits per heavy atom. The lowest BCUT2D eigenvalue weighted by atomic mass is 10.2. The molecule has 1 unspecified atom stereocenters. The van der Waals surface area contributed by atoms with Crippen molar-refractivity contribution in [2.45, 2.75) is 13.0 Å². The van der Waals surface area contributed by atoms with E-state index in [1.807, 2.05) is 32.2 Å². The molecule has 0 aliphatic heterocycles. The third-order valence-corrected chi connectivity index (χ3v) is 4.10. The Morgan fingerprint density at radius 2 is 2.24 bits per heavy atom. The first-order valence-electron chi connectivity index (χ1n) is 5.20. The highest BCUT2D eigenvalue weighted by molar-refractivity contribution is 14.1. The van der Waals surface area contributed by atoms with Gasteiger partial charge in [-0.25, -0.2) is 4.98 Å². The van der Waals surface area contributed by atoms with Crippen molar-refractivity contribution in [1.82, 2.24) is 10.3 Å². The number of aromatic nitrogens is 1. The Hall–Kier alpha value is -0.590. The Balaban J connectivity index is 2.33. The fourth-order valence-electron chi connectivity index (χ4n) is 1.39. The molecule has 90 valence electrons. The zero-order chi connectivity index (χ0) is 12.4. The van der Waals surface area contributed by atoms with E-state index in [-0.39, 0.29) is 6.04 Å². The molecule has 0 aliphatic rings. The van der Waals surface area contributed by atoms with Crippen LogP contribution in [0.3, 0.4) is 0 Å². The number of rotatable bonds is 3. The molecule has 1 heterocycles. The SMILES string of the molecule is CNC(C)c1ncc(-c2ccc(I)c(Cl)c2)o1.